The number of nitrogens with zero attached hydrogens (tertiary/aromatic N) is 4. The SMILES string of the molecule is Cc1noc(C)c1CN1C[C@@]2(CCN(Cc3cccnc3)C2)CC1=O. The van der Waals surface area contributed by atoms with Gasteiger partial charge in [0.2, 0.25) is 5.91 Å². The molecule has 1 amide bonds. The van der Waals surface area contributed by atoms with Gasteiger partial charge in [-0.2, -0.15) is 0 Å². The van der Waals surface area contributed by atoms with Crippen molar-refractivity contribution >= 4 is 5.91 Å². The first-order chi connectivity index (χ1) is 12.0. The van der Waals surface area contributed by atoms with Crippen molar-refractivity contribution in [1.82, 2.24) is 19.9 Å². The molecule has 0 saturated carbocycles. The number of amides is 1. The molecule has 2 aliphatic heterocycles. The highest BCUT2D eigenvalue weighted by Crippen LogP contribution is 2.41. The van der Waals surface area contributed by atoms with Crippen molar-refractivity contribution in [1.29, 1.82) is 0 Å². The Kier molecular flexibility index (Phi) is 4.07. The highest BCUT2D eigenvalue weighted by molar-refractivity contribution is 5.79. The van der Waals surface area contributed by atoms with Crippen LogP contribution < -0.4 is 0 Å². The zero-order valence-corrected chi connectivity index (χ0v) is 14.9. The van der Waals surface area contributed by atoms with Crippen molar-refractivity contribution in [3.63, 3.8) is 0 Å². The van der Waals surface area contributed by atoms with E-state index < -0.39 is 0 Å². The monoisotopic (exact) mass is 340 g/mol. The third-order valence-electron chi connectivity index (χ3n) is 5.58. The number of carbonyl (C=O) groups is 1. The Morgan fingerprint density at radius 3 is 2.88 bits per heavy atom. The van der Waals surface area contributed by atoms with E-state index in [1.54, 1.807) is 6.20 Å². The maximum absolute atomic E-state index is 12.6. The van der Waals surface area contributed by atoms with Gasteiger partial charge in [0.05, 0.1) is 12.2 Å². The summed E-state index contributed by atoms with van der Waals surface area (Å²) < 4.78 is 5.24. The van der Waals surface area contributed by atoms with Crippen LogP contribution in [0.15, 0.2) is 29.0 Å². The number of likely N-dealkylation sites (tertiary alicyclic amines) is 2. The largest absolute Gasteiger partial charge is 0.361 e. The fourth-order valence-electron chi connectivity index (χ4n) is 4.23. The van der Waals surface area contributed by atoms with Crippen molar-refractivity contribution in [2.45, 2.75) is 39.8 Å². The third kappa shape index (κ3) is 3.18. The number of hydrogen-bond acceptors (Lipinski definition) is 5. The van der Waals surface area contributed by atoms with E-state index in [9.17, 15) is 4.79 Å². The minimum absolute atomic E-state index is 0.0955. The Balaban J connectivity index is 1.42. The fourth-order valence-corrected chi connectivity index (χ4v) is 4.23. The standard InChI is InChI=1S/C19H24N4O2/c1-14-17(15(2)25-21-14)11-23-13-19(8-18(23)24)5-7-22(12-19)10-16-4-3-6-20-9-16/h3-4,6,9H,5,7-8,10-13H2,1-2H3/t19-/m0/s1. The van der Waals surface area contributed by atoms with Crippen molar-refractivity contribution in [2.24, 2.45) is 5.41 Å². The number of carbonyl (C=O) groups excluding carboxylic acids is 1. The molecule has 0 aromatic carbocycles. The molecule has 25 heavy (non-hydrogen) atoms. The van der Waals surface area contributed by atoms with E-state index in [0.29, 0.717) is 13.0 Å². The van der Waals surface area contributed by atoms with Gasteiger partial charge in [-0.3, -0.25) is 14.7 Å². The molecule has 6 heteroatoms. The summed E-state index contributed by atoms with van der Waals surface area (Å²) in [5.41, 5.74) is 3.26. The maximum atomic E-state index is 12.6. The highest BCUT2D eigenvalue weighted by Gasteiger charge is 2.47. The van der Waals surface area contributed by atoms with Crippen molar-refractivity contribution in [3.05, 3.63) is 47.1 Å². The Morgan fingerprint density at radius 2 is 2.16 bits per heavy atom. The van der Waals surface area contributed by atoms with Gasteiger partial charge < -0.3 is 9.42 Å². The third-order valence-corrected chi connectivity index (χ3v) is 5.58. The van der Waals surface area contributed by atoms with Gasteiger partial charge in [-0.25, -0.2) is 0 Å². The molecule has 4 heterocycles. The molecule has 1 spiro atoms. The topological polar surface area (TPSA) is 62.5 Å². The molecular formula is C19H24N4O2. The number of rotatable bonds is 4. The second-order valence-electron chi connectivity index (χ2n) is 7.55. The molecule has 0 N–H and O–H groups in total. The van der Waals surface area contributed by atoms with Gasteiger partial charge in [0.25, 0.3) is 0 Å². The molecule has 6 nitrogen and oxygen atoms in total. The zero-order valence-electron chi connectivity index (χ0n) is 14.9. The molecule has 2 fully saturated rings. The van der Waals surface area contributed by atoms with Crippen LogP contribution in [0.3, 0.4) is 0 Å². The van der Waals surface area contributed by atoms with E-state index in [-0.39, 0.29) is 11.3 Å². The molecule has 0 radical (unpaired) electrons. The normalized spacial score (nSPS) is 23.9. The summed E-state index contributed by atoms with van der Waals surface area (Å²) in [5.74, 6) is 1.07. The molecule has 2 saturated heterocycles. The second-order valence-corrected chi connectivity index (χ2v) is 7.55. The van der Waals surface area contributed by atoms with Crippen LogP contribution >= 0.6 is 0 Å². The average Bonchev–Trinajstić information content (AvgIpc) is 3.23. The van der Waals surface area contributed by atoms with E-state index in [4.69, 9.17) is 4.52 Å². The van der Waals surface area contributed by atoms with Crippen molar-refractivity contribution in [3.8, 4) is 0 Å². The first kappa shape index (κ1) is 16.3. The highest BCUT2D eigenvalue weighted by atomic mass is 16.5. The summed E-state index contributed by atoms with van der Waals surface area (Å²) in [5, 5.41) is 4.00. The van der Waals surface area contributed by atoms with Crippen LogP contribution in [0.1, 0.15) is 35.4 Å². The second kappa shape index (κ2) is 6.26. The summed E-state index contributed by atoms with van der Waals surface area (Å²) in [6, 6.07) is 4.09. The molecule has 0 bridgehead atoms. The lowest BCUT2D eigenvalue weighted by Crippen LogP contribution is -2.31. The van der Waals surface area contributed by atoms with E-state index >= 15 is 0 Å². The number of aromatic nitrogens is 2. The first-order valence-corrected chi connectivity index (χ1v) is 8.85. The van der Waals surface area contributed by atoms with Crippen LogP contribution in [-0.4, -0.2) is 45.5 Å². The minimum atomic E-state index is 0.0955. The molecule has 0 unspecified atom stereocenters. The lowest BCUT2D eigenvalue weighted by atomic mass is 9.86. The predicted octanol–water partition coefficient (Wildman–Crippen LogP) is 2.31. The molecule has 132 valence electrons. The van der Waals surface area contributed by atoms with Gasteiger partial charge in [-0.1, -0.05) is 11.2 Å². The van der Waals surface area contributed by atoms with Crippen molar-refractivity contribution in [2.75, 3.05) is 19.6 Å². The number of pyridine rings is 1. The van der Waals surface area contributed by atoms with Gasteiger partial charge in [0.1, 0.15) is 5.76 Å². The summed E-state index contributed by atoms with van der Waals surface area (Å²) in [4.78, 5) is 21.2. The Morgan fingerprint density at radius 1 is 1.28 bits per heavy atom. The zero-order chi connectivity index (χ0) is 17.4. The summed E-state index contributed by atoms with van der Waals surface area (Å²) >= 11 is 0. The molecule has 4 rings (SSSR count). The van der Waals surface area contributed by atoms with Crippen LogP contribution in [0, 0.1) is 19.3 Å². The predicted molar refractivity (Wildman–Crippen MR) is 92.6 cm³/mol. The maximum Gasteiger partial charge on any atom is 0.223 e. The Labute approximate surface area is 147 Å². The van der Waals surface area contributed by atoms with Gasteiger partial charge in [-0.15, -0.1) is 0 Å². The minimum Gasteiger partial charge on any atom is -0.361 e. The van der Waals surface area contributed by atoms with Crippen LogP contribution in [0.2, 0.25) is 0 Å². The quantitative estimate of drug-likeness (QED) is 0.855. The molecule has 0 aliphatic carbocycles. The van der Waals surface area contributed by atoms with Gasteiger partial charge in [-0.05, 0) is 38.4 Å². The molecule has 2 aromatic rings. The molecular weight excluding hydrogens is 316 g/mol. The average molecular weight is 340 g/mol. The summed E-state index contributed by atoms with van der Waals surface area (Å²) in [6.45, 7) is 8.23. The molecule has 2 aliphatic rings. The molecule has 2 aromatic heterocycles. The van der Waals surface area contributed by atoms with E-state index in [1.165, 1.54) is 5.56 Å². The van der Waals surface area contributed by atoms with Crippen molar-refractivity contribution < 1.29 is 9.32 Å². The Hall–Kier alpha value is -2.21. The van der Waals surface area contributed by atoms with Gasteiger partial charge in [0, 0.05) is 49.4 Å². The van der Waals surface area contributed by atoms with Crippen LogP contribution in [0.5, 0.6) is 0 Å². The fraction of sp³-hybridized carbons (Fsp3) is 0.526. The first-order valence-electron chi connectivity index (χ1n) is 8.85. The van der Waals surface area contributed by atoms with Crippen LogP contribution in [-0.2, 0) is 17.9 Å². The lowest BCUT2D eigenvalue weighted by Gasteiger charge is -2.24. The van der Waals surface area contributed by atoms with E-state index in [1.807, 2.05) is 31.0 Å². The van der Waals surface area contributed by atoms with Crippen LogP contribution in [0.25, 0.3) is 0 Å². The Bertz CT molecular complexity index is 753. The summed E-state index contributed by atoms with van der Waals surface area (Å²) in [7, 11) is 0. The molecule has 1 atom stereocenters. The number of hydrogen-bond donors (Lipinski definition) is 0. The summed E-state index contributed by atoms with van der Waals surface area (Å²) in [6.07, 6.45) is 5.46. The van der Waals surface area contributed by atoms with Gasteiger partial charge >= 0.3 is 0 Å². The number of aryl methyl sites for hydroxylation is 2. The van der Waals surface area contributed by atoms with Crippen LogP contribution in [0.4, 0.5) is 0 Å². The lowest BCUT2D eigenvalue weighted by molar-refractivity contribution is -0.128. The van der Waals surface area contributed by atoms with E-state index in [2.05, 4.69) is 21.1 Å². The van der Waals surface area contributed by atoms with Gasteiger partial charge in [0.15, 0.2) is 0 Å². The van der Waals surface area contributed by atoms with E-state index in [0.717, 1.165) is 49.6 Å². The smallest absolute Gasteiger partial charge is 0.223 e.